The number of rotatable bonds is 3. The van der Waals surface area contributed by atoms with E-state index in [2.05, 4.69) is 18.3 Å². The molecule has 1 fully saturated rings. The highest BCUT2D eigenvalue weighted by atomic mass is 32.1. The highest BCUT2D eigenvalue weighted by Crippen LogP contribution is 2.32. The van der Waals surface area contributed by atoms with Crippen molar-refractivity contribution in [1.29, 1.82) is 0 Å². The van der Waals surface area contributed by atoms with Gasteiger partial charge in [-0.05, 0) is 49.7 Å². The number of hydrogen-bond acceptors (Lipinski definition) is 3. The van der Waals surface area contributed by atoms with Crippen LogP contribution in [0.15, 0.2) is 6.07 Å². The summed E-state index contributed by atoms with van der Waals surface area (Å²) in [6.07, 6.45) is 7.62. The molecule has 2 aliphatic rings. The average molecular weight is 292 g/mol. The van der Waals surface area contributed by atoms with Crippen LogP contribution in [0.1, 0.15) is 54.3 Å². The molecule has 3 rings (SSSR count). The zero-order chi connectivity index (χ0) is 14.2. The maximum absolute atomic E-state index is 12.4. The molecule has 110 valence electrons. The van der Waals surface area contributed by atoms with Gasteiger partial charge in [0.25, 0.3) is 0 Å². The van der Waals surface area contributed by atoms with Crippen LogP contribution in [-0.2, 0) is 24.2 Å². The summed E-state index contributed by atoms with van der Waals surface area (Å²) in [7, 11) is 0. The van der Waals surface area contributed by atoms with Gasteiger partial charge >= 0.3 is 0 Å². The van der Waals surface area contributed by atoms with Gasteiger partial charge in [-0.2, -0.15) is 0 Å². The standard InChI is InChI=1S/C16H24N2OS/c1-11-4-3-7-16(17,9-11)15(19)18-10-13-8-12-5-2-6-14(12)20-13/h8,11H,2-7,9-10,17H2,1H3,(H,18,19). The van der Waals surface area contributed by atoms with E-state index >= 15 is 0 Å². The van der Waals surface area contributed by atoms with E-state index in [0.29, 0.717) is 12.5 Å². The van der Waals surface area contributed by atoms with Gasteiger partial charge in [0, 0.05) is 9.75 Å². The second kappa shape index (κ2) is 5.49. The molecule has 0 saturated heterocycles. The van der Waals surface area contributed by atoms with Crippen molar-refractivity contribution >= 4 is 17.2 Å². The van der Waals surface area contributed by atoms with Crippen LogP contribution in [-0.4, -0.2) is 11.4 Å². The van der Waals surface area contributed by atoms with E-state index in [0.717, 1.165) is 19.3 Å². The first-order chi connectivity index (χ1) is 9.57. The van der Waals surface area contributed by atoms with Gasteiger partial charge < -0.3 is 11.1 Å². The van der Waals surface area contributed by atoms with Crippen LogP contribution in [0.25, 0.3) is 0 Å². The van der Waals surface area contributed by atoms with E-state index in [4.69, 9.17) is 5.73 Å². The van der Waals surface area contributed by atoms with Gasteiger partial charge in [0.05, 0.1) is 12.1 Å². The first-order valence-corrected chi connectivity index (χ1v) is 8.56. The lowest BCUT2D eigenvalue weighted by molar-refractivity contribution is -0.128. The fourth-order valence-electron chi connectivity index (χ4n) is 3.62. The normalized spacial score (nSPS) is 29.2. The summed E-state index contributed by atoms with van der Waals surface area (Å²) in [5.74, 6) is 0.600. The van der Waals surface area contributed by atoms with Crippen molar-refractivity contribution in [3.05, 3.63) is 21.4 Å². The lowest BCUT2D eigenvalue weighted by Gasteiger charge is -2.35. The van der Waals surface area contributed by atoms with Crippen LogP contribution in [0.4, 0.5) is 0 Å². The maximum atomic E-state index is 12.4. The summed E-state index contributed by atoms with van der Waals surface area (Å²) in [6, 6.07) is 2.26. The summed E-state index contributed by atoms with van der Waals surface area (Å²) < 4.78 is 0. The van der Waals surface area contributed by atoms with E-state index in [1.54, 1.807) is 0 Å². The largest absolute Gasteiger partial charge is 0.350 e. The van der Waals surface area contributed by atoms with Crippen molar-refractivity contribution < 1.29 is 4.79 Å². The molecule has 0 radical (unpaired) electrons. The fourth-order valence-corrected chi connectivity index (χ4v) is 4.82. The molecule has 0 bridgehead atoms. The summed E-state index contributed by atoms with van der Waals surface area (Å²) in [4.78, 5) is 15.2. The number of carbonyl (C=O) groups is 1. The second-order valence-corrected chi connectivity index (χ2v) is 7.78. The predicted octanol–water partition coefficient (Wildman–Crippen LogP) is 2.76. The molecule has 1 heterocycles. The number of fused-ring (bicyclic) bond motifs is 1. The number of hydrogen-bond donors (Lipinski definition) is 2. The molecule has 20 heavy (non-hydrogen) atoms. The van der Waals surface area contributed by atoms with Gasteiger partial charge in [0.1, 0.15) is 0 Å². The Hall–Kier alpha value is -0.870. The summed E-state index contributed by atoms with van der Waals surface area (Å²) >= 11 is 1.85. The Morgan fingerprint density at radius 1 is 1.50 bits per heavy atom. The van der Waals surface area contributed by atoms with Gasteiger partial charge in [-0.1, -0.05) is 19.8 Å². The Kier molecular flexibility index (Phi) is 3.87. The first-order valence-electron chi connectivity index (χ1n) is 7.74. The van der Waals surface area contributed by atoms with E-state index in [1.165, 1.54) is 41.0 Å². The van der Waals surface area contributed by atoms with Crippen LogP contribution in [0, 0.1) is 5.92 Å². The minimum absolute atomic E-state index is 0.0395. The second-order valence-electron chi connectivity index (χ2n) is 6.56. The Labute approximate surface area is 124 Å². The Morgan fingerprint density at radius 3 is 3.10 bits per heavy atom. The molecule has 4 heteroatoms. The highest BCUT2D eigenvalue weighted by Gasteiger charge is 2.37. The number of thiophene rings is 1. The Bertz CT molecular complexity index is 489. The fraction of sp³-hybridized carbons (Fsp3) is 0.688. The van der Waals surface area contributed by atoms with Crippen molar-refractivity contribution in [2.75, 3.05) is 0 Å². The molecule has 0 spiro atoms. The SMILES string of the molecule is CC1CCCC(N)(C(=O)NCc2cc3c(s2)CCC3)C1. The molecule has 0 aromatic carbocycles. The number of carbonyl (C=O) groups excluding carboxylic acids is 1. The topological polar surface area (TPSA) is 55.1 Å². The van der Waals surface area contributed by atoms with Crippen molar-refractivity contribution in [2.45, 2.75) is 64.0 Å². The van der Waals surface area contributed by atoms with Crippen LogP contribution >= 0.6 is 11.3 Å². The van der Waals surface area contributed by atoms with Gasteiger partial charge in [-0.25, -0.2) is 0 Å². The molecular weight excluding hydrogens is 268 g/mol. The molecule has 1 aromatic heterocycles. The van der Waals surface area contributed by atoms with Crippen molar-refractivity contribution in [2.24, 2.45) is 11.7 Å². The predicted molar refractivity (Wildman–Crippen MR) is 82.7 cm³/mol. The molecule has 2 atom stereocenters. The van der Waals surface area contributed by atoms with Crippen LogP contribution in [0.2, 0.25) is 0 Å². The molecule has 2 aliphatic carbocycles. The van der Waals surface area contributed by atoms with Gasteiger partial charge in [0.15, 0.2) is 0 Å². The van der Waals surface area contributed by atoms with E-state index < -0.39 is 5.54 Å². The zero-order valence-corrected chi connectivity index (χ0v) is 13.0. The molecule has 3 N–H and O–H groups in total. The molecular formula is C16H24N2OS. The monoisotopic (exact) mass is 292 g/mol. The van der Waals surface area contributed by atoms with Crippen molar-refractivity contribution in [3.63, 3.8) is 0 Å². The summed E-state index contributed by atoms with van der Waals surface area (Å²) in [6.45, 7) is 2.84. The number of aryl methyl sites for hydroxylation is 2. The van der Waals surface area contributed by atoms with Crippen LogP contribution in [0.5, 0.6) is 0 Å². The zero-order valence-electron chi connectivity index (χ0n) is 12.2. The summed E-state index contributed by atoms with van der Waals surface area (Å²) in [5, 5.41) is 3.06. The van der Waals surface area contributed by atoms with E-state index in [1.807, 2.05) is 11.3 Å². The molecule has 1 saturated carbocycles. The summed E-state index contributed by atoms with van der Waals surface area (Å²) in [5.41, 5.74) is 7.17. The van der Waals surface area contributed by atoms with Crippen molar-refractivity contribution in [3.8, 4) is 0 Å². The van der Waals surface area contributed by atoms with Gasteiger partial charge in [0.2, 0.25) is 5.91 Å². The van der Waals surface area contributed by atoms with E-state index in [9.17, 15) is 4.79 Å². The smallest absolute Gasteiger partial charge is 0.240 e. The van der Waals surface area contributed by atoms with Crippen LogP contribution in [0.3, 0.4) is 0 Å². The lowest BCUT2D eigenvalue weighted by Crippen LogP contribution is -2.56. The molecule has 2 unspecified atom stereocenters. The molecule has 1 amide bonds. The maximum Gasteiger partial charge on any atom is 0.240 e. The minimum atomic E-state index is -0.641. The third-order valence-electron chi connectivity index (χ3n) is 4.71. The van der Waals surface area contributed by atoms with Crippen molar-refractivity contribution in [1.82, 2.24) is 5.32 Å². The average Bonchev–Trinajstić information content (AvgIpc) is 2.96. The van der Waals surface area contributed by atoms with Gasteiger partial charge in [-0.15, -0.1) is 11.3 Å². The molecule has 3 nitrogen and oxygen atoms in total. The van der Waals surface area contributed by atoms with E-state index in [-0.39, 0.29) is 5.91 Å². The lowest BCUT2D eigenvalue weighted by atomic mass is 9.76. The minimum Gasteiger partial charge on any atom is -0.350 e. The third-order valence-corrected chi connectivity index (χ3v) is 5.94. The quantitative estimate of drug-likeness (QED) is 0.900. The number of nitrogens with one attached hydrogen (secondary N) is 1. The highest BCUT2D eigenvalue weighted by molar-refractivity contribution is 7.12. The molecule has 0 aliphatic heterocycles. The van der Waals surface area contributed by atoms with Crippen LogP contribution < -0.4 is 11.1 Å². The Balaban J connectivity index is 1.58. The number of amides is 1. The first kappa shape index (κ1) is 14.1. The molecule has 1 aromatic rings. The van der Waals surface area contributed by atoms with Gasteiger partial charge in [-0.3, -0.25) is 4.79 Å². The Morgan fingerprint density at radius 2 is 2.35 bits per heavy atom. The number of nitrogens with two attached hydrogens (primary N) is 1. The third kappa shape index (κ3) is 2.77.